The number of hydrogen-bond acceptors (Lipinski definition) is 4. The third-order valence-electron chi connectivity index (χ3n) is 6.57. The largest absolute Gasteiger partial charge is 0.488 e. The summed E-state index contributed by atoms with van der Waals surface area (Å²) in [6.45, 7) is 10.4. The van der Waals surface area contributed by atoms with E-state index in [0.717, 1.165) is 27.8 Å². The van der Waals surface area contributed by atoms with E-state index in [9.17, 15) is 9.59 Å². The molecule has 0 atom stereocenters. The van der Waals surface area contributed by atoms with Gasteiger partial charge in [-0.3, -0.25) is 9.59 Å². The van der Waals surface area contributed by atoms with Crippen LogP contribution >= 0.6 is 11.6 Å². The number of halogens is 1. The van der Waals surface area contributed by atoms with Gasteiger partial charge in [0.15, 0.2) is 0 Å². The number of carboxylic acids is 1. The van der Waals surface area contributed by atoms with E-state index < -0.39 is 5.97 Å². The fraction of sp³-hybridized carbons (Fsp3) is 0.235. The van der Waals surface area contributed by atoms with Crippen molar-refractivity contribution in [2.24, 2.45) is 0 Å². The first-order chi connectivity index (χ1) is 19.7. The Kier molecular flexibility index (Phi) is 11.8. The highest BCUT2D eigenvalue weighted by atomic mass is 35.5. The Bertz CT molecular complexity index is 1440. The molecule has 0 fully saturated rings. The van der Waals surface area contributed by atoms with E-state index in [1.807, 2.05) is 37.3 Å². The molecule has 6 nitrogen and oxygen atoms in total. The molecule has 2 N–H and O–H groups in total. The predicted molar refractivity (Wildman–Crippen MR) is 165 cm³/mol. The van der Waals surface area contributed by atoms with Gasteiger partial charge in [-0.05, 0) is 72.7 Å². The number of allylic oxidation sites excluding steroid dienone is 1. The molecule has 0 saturated heterocycles. The zero-order valence-electron chi connectivity index (χ0n) is 23.7. The summed E-state index contributed by atoms with van der Waals surface area (Å²) < 4.78 is 12.2. The number of nitrogens with one attached hydrogen (secondary N) is 1. The Balaban J connectivity index is 1.68. The smallest absolute Gasteiger partial charge is 0.303 e. The van der Waals surface area contributed by atoms with Crippen LogP contribution in [0.25, 0.3) is 11.1 Å². The van der Waals surface area contributed by atoms with Gasteiger partial charge in [-0.1, -0.05) is 78.9 Å². The number of aryl methyl sites for hydroxylation is 1. The molecule has 0 heterocycles. The highest BCUT2D eigenvalue weighted by Crippen LogP contribution is 2.34. The monoisotopic (exact) mass is 573 g/mol. The quantitative estimate of drug-likeness (QED) is 0.118. The van der Waals surface area contributed by atoms with Crippen LogP contribution in [0.3, 0.4) is 0 Å². The van der Waals surface area contributed by atoms with Crippen LogP contribution in [0.15, 0.2) is 96.6 Å². The van der Waals surface area contributed by atoms with Crippen molar-refractivity contribution >= 4 is 23.5 Å². The van der Waals surface area contributed by atoms with Crippen molar-refractivity contribution in [1.82, 2.24) is 5.32 Å². The molecule has 3 aromatic carbocycles. The third kappa shape index (κ3) is 9.12. The second-order valence-electron chi connectivity index (χ2n) is 9.50. The van der Waals surface area contributed by atoms with Gasteiger partial charge in [-0.25, -0.2) is 0 Å². The molecule has 3 rings (SSSR count). The van der Waals surface area contributed by atoms with E-state index in [1.54, 1.807) is 37.3 Å². The lowest BCUT2D eigenvalue weighted by Gasteiger charge is -2.16. The Hall–Kier alpha value is -4.29. The Labute approximate surface area is 247 Å². The zero-order valence-corrected chi connectivity index (χ0v) is 24.5. The van der Waals surface area contributed by atoms with Crippen molar-refractivity contribution in [3.8, 4) is 22.6 Å². The summed E-state index contributed by atoms with van der Waals surface area (Å²) in [5.74, 6) is -0.0694. The normalized spacial score (nSPS) is 11.6. The summed E-state index contributed by atoms with van der Waals surface area (Å²) in [7, 11) is 0. The highest BCUT2D eigenvalue weighted by molar-refractivity contribution is 6.32. The molecular weight excluding hydrogens is 538 g/mol. The van der Waals surface area contributed by atoms with Gasteiger partial charge in [0.1, 0.15) is 24.7 Å². The molecule has 1 amide bonds. The van der Waals surface area contributed by atoms with Gasteiger partial charge >= 0.3 is 5.97 Å². The number of benzene rings is 3. The van der Waals surface area contributed by atoms with Crippen LogP contribution in [0, 0.1) is 13.8 Å². The Morgan fingerprint density at radius 1 is 1.02 bits per heavy atom. The van der Waals surface area contributed by atoms with Gasteiger partial charge in [-0.15, -0.1) is 0 Å². The van der Waals surface area contributed by atoms with Crippen molar-refractivity contribution in [2.75, 3.05) is 13.2 Å². The molecule has 3 aromatic rings. The van der Waals surface area contributed by atoms with Gasteiger partial charge in [0, 0.05) is 24.6 Å². The molecule has 0 radical (unpaired) electrons. The fourth-order valence-corrected chi connectivity index (χ4v) is 4.44. The lowest BCUT2D eigenvalue weighted by atomic mass is 9.97. The van der Waals surface area contributed by atoms with Crippen molar-refractivity contribution in [3.05, 3.63) is 118 Å². The van der Waals surface area contributed by atoms with Gasteiger partial charge in [0.25, 0.3) is 5.91 Å². The number of hydrogen-bond donors (Lipinski definition) is 2. The maximum Gasteiger partial charge on any atom is 0.303 e. The number of carbonyl (C=O) groups is 2. The van der Waals surface area contributed by atoms with E-state index in [4.69, 9.17) is 26.2 Å². The van der Waals surface area contributed by atoms with E-state index in [0.29, 0.717) is 40.7 Å². The van der Waals surface area contributed by atoms with Gasteiger partial charge in [0.2, 0.25) is 0 Å². The van der Waals surface area contributed by atoms with Gasteiger partial charge < -0.3 is 19.9 Å². The predicted octanol–water partition coefficient (Wildman–Crippen LogP) is 7.62. The third-order valence-corrected chi connectivity index (χ3v) is 6.86. The van der Waals surface area contributed by atoms with Gasteiger partial charge in [0.05, 0.1) is 5.02 Å². The van der Waals surface area contributed by atoms with Crippen LogP contribution in [-0.2, 0) is 16.2 Å². The second kappa shape index (κ2) is 15.5. The molecule has 214 valence electrons. The number of rotatable bonds is 14. The van der Waals surface area contributed by atoms with Crippen molar-refractivity contribution in [2.45, 2.75) is 40.2 Å². The molecule has 0 aromatic heterocycles. The summed E-state index contributed by atoms with van der Waals surface area (Å²) >= 11 is 6.52. The topological polar surface area (TPSA) is 84.9 Å². The molecule has 0 aliphatic carbocycles. The van der Waals surface area contributed by atoms with Crippen LogP contribution in [-0.4, -0.2) is 30.1 Å². The maximum atomic E-state index is 12.5. The first-order valence-corrected chi connectivity index (χ1v) is 13.8. The van der Waals surface area contributed by atoms with Crippen molar-refractivity contribution < 1.29 is 24.2 Å². The summed E-state index contributed by atoms with van der Waals surface area (Å²) in [5, 5.41) is 12.0. The lowest BCUT2D eigenvalue weighted by molar-refractivity contribution is -0.137. The van der Waals surface area contributed by atoms with E-state index in [-0.39, 0.29) is 25.5 Å². The molecule has 0 bridgehead atoms. The van der Waals surface area contributed by atoms with E-state index >= 15 is 0 Å². The summed E-state index contributed by atoms with van der Waals surface area (Å²) in [6.07, 6.45) is 5.37. The minimum atomic E-state index is -0.894. The van der Waals surface area contributed by atoms with Crippen molar-refractivity contribution in [1.29, 1.82) is 0 Å². The number of carboxylic acid groups (broad SMARTS) is 1. The minimum absolute atomic E-state index is 0.00113. The maximum absolute atomic E-state index is 12.5. The first-order valence-electron chi connectivity index (χ1n) is 13.4. The number of amides is 1. The standard InChI is InChI=1S/C34H36ClNO5/c1-5-25(19-26(6-2)34(39)36-17-11-16-33(37)38)21-40-31-20-32(30(35)18-23(31)3)41-22-28-14-10-15-29(24(28)4)27-12-8-7-9-13-27/h5-10,12-15,18-20H,1,11,16-17,21-22H2,2-4H3,(H,36,39)(H,37,38)/b25-19+,26-6+. The molecule has 0 spiro atoms. The second-order valence-corrected chi connectivity index (χ2v) is 9.91. The average molecular weight is 574 g/mol. The molecule has 0 aliphatic rings. The van der Waals surface area contributed by atoms with Crippen LogP contribution in [0.5, 0.6) is 11.5 Å². The molecular formula is C34H36ClNO5. The SMILES string of the molecule is C=C/C(=C\C(=C/C)C(=O)NCCCC(=O)O)COc1cc(OCc2cccc(-c3ccccc3)c2C)c(Cl)cc1C. The zero-order chi connectivity index (χ0) is 29.8. The molecule has 0 saturated carbocycles. The fourth-order valence-electron chi connectivity index (χ4n) is 4.17. The Morgan fingerprint density at radius 2 is 1.78 bits per heavy atom. The molecule has 0 unspecified atom stereocenters. The van der Waals surface area contributed by atoms with E-state index in [1.165, 1.54) is 0 Å². The highest BCUT2D eigenvalue weighted by Gasteiger charge is 2.13. The van der Waals surface area contributed by atoms with E-state index in [2.05, 4.69) is 37.0 Å². The van der Waals surface area contributed by atoms with Crippen LogP contribution in [0.4, 0.5) is 0 Å². The van der Waals surface area contributed by atoms with Crippen LogP contribution < -0.4 is 14.8 Å². The number of carbonyl (C=O) groups excluding carboxylic acids is 1. The number of aliphatic carboxylic acids is 1. The molecule has 41 heavy (non-hydrogen) atoms. The summed E-state index contributed by atoms with van der Waals surface area (Å²) in [4.78, 5) is 23.2. The molecule has 0 aliphatic heterocycles. The summed E-state index contributed by atoms with van der Waals surface area (Å²) in [5.41, 5.74) is 6.48. The Morgan fingerprint density at radius 3 is 2.46 bits per heavy atom. The number of ether oxygens (including phenoxy) is 2. The van der Waals surface area contributed by atoms with Crippen LogP contribution in [0.2, 0.25) is 5.02 Å². The first kappa shape index (κ1) is 31.2. The summed E-state index contributed by atoms with van der Waals surface area (Å²) in [6, 6.07) is 20.0. The average Bonchev–Trinajstić information content (AvgIpc) is 2.96. The van der Waals surface area contributed by atoms with Gasteiger partial charge in [-0.2, -0.15) is 0 Å². The van der Waals surface area contributed by atoms with Crippen LogP contribution in [0.1, 0.15) is 36.5 Å². The van der Waals surface area contributed by atoms with Crippen molar-refractivity contribution in [3.63, 3.8) is 0 Å². The molecule has 7 heteroatoms. The lowest BCUT2D eigenvalue weighted by Crippen LogP contribution is -2.26. The minimum Gasteiger partial charge on any atom is -0.488 e.